The number of ether oxygens (including phenoxy) is 1. The number of carbonyl (C=O) groups is 2. The number of likely N-dealkylation sites (tertiary alicyclic amines) is 1. The predicted molar refractivity (Wildman–Crippen MR) is 67.0 cm³/mol. The van der Waals surface area contributed by atoms with Crippen molar-refractivity contribution in [2.45, 2.75) is 25.3 Å². The molecule has 108 valence electrons. The molecule has 0 N–H and O–H groups in total. The summed E-state index contributed by atoms with van der Waals surface area (Å²) in [7, 11) is 1.25. The molecule has 2 rings (SSSR count). The quantitative estimate of drug-likeness (QED) is 0.781. The summed E-state index contributed by atoms with van der Waals surface area (Å²) in [5.41, 5.74) is -0.0988. The Hall–Kier alpha value is -1.98. The van der Waals surface area contributed by atoms with Crippen molar-refractivity contribution in [3.05, 3.63) is 35.4 Å². The van der Waals surface area contributed by atoms with Crippen LogP contribution in [-0.2, 0) is 9.53 Å². The number of rotatable bonds is 2. The number of methoxy groups -OCH3 is 1. The zero-order valence-corrected chi connectivity index (χ0v) is 11.1. The van der Waals surface area contributed by atoms with E-state index in [1.165, 1.54) is 12.0 Å². The number of halogens is 2. The lowest BCUT2D eigenvalue weighted by Gasteiger charge is -2.33. The molecule has 4 nitrogen and oxygen atoms in total. The van der Waals surface area contributed by atoms with Crippen molar-refractivity contribution in [3.8, 4) is 0 Å². The number of hydrogen-bond acceptors (Lipinski definition) is 3. The third kappa shape index (κ3) is 2.95. The van der Waals surface area contributed by atoms with Crippen LogP contribution in [0.15, 0.2) is 18.2 Å². The van der Waals surface area contributed by atoms with E-state index in [-0.39, 0.29) is 5.56 Å². The summed E-state index contributed by atoms with van der Waals surface area (Å²) in [5, 5.41) is 0. The molecule has 0 unspecified atom stereocenters. The average Bonchev–Trinajstić information content (AvgIpc) is 2.44. The van der Waals surface area contributed by atoms with Crippen molar-refractivity contribution in [2.75, 3.05) is 13.7 Å². The Morgan fingerprint density at radius 3 is 2.45 bits per heavy atom. The van der Waals surface area contributed by atoms with Crippen LogP contribution in [0.2, 0.25) is 0 Å². The van der Waals surface area contributed by atoms with Crippen molar-refractivity contribution in [1.82, 2.24) is 4.90 Å². The van der Waals surface area contributed by atoms with E-state index in [0.29, 0.717) is 19.0 Å². The molecule has 20 heavy (non-hydrogen) atoms. The molecule has 1 aromatic rings. The molecule has 1 amide bonds. The van der Waals surface area contributed by atoms with Crippen LogP contribution in [0.3, 0.4) is 0 Å². The summed E-state index contributed by atoms with van der Waals surface area (Å²) in [4.78, 5) is 25.3. The van der Waals surface area contributed by atoms with Crippen molar-refractivity contribution in [3.63, 3.8) is 0 Å². The Balaban J connectivity index is 2.27. The van der Waals surface area contributed by atoms with Crippen molar-refractivity contribution < 1.29 is 23.1 Å². The third-order valence-corrected chi connectivity index (χ3v) is 3.35. The Labute approximate surface area is 115 Å². The fourth-order valence-corrected chi connectivity index (χ4v) is 2.40. The lowest BCUT2D eigenvalue weighted by atomic mass is 10.0. The fraction of sp³-hybridized carbons (Fsp3) is 0.429. The molecule has 0 aliphatic carbocycles. The summed E-state index contributed by atoms with van der Waals surface area (Å²) in [6.45, 7) is 0.372. The standard InChI is InChI=1S/C14H15F2NO3/c1-20-14(19)12-4-2-3-5-17(12)13(18)9-6-10(15)8-11(16)7-9/h6-8,12H,2-5H2,1H3/t12-/m1/s1. The highest BCUT2D eigenvalue weighted by Crippen LogP contribution is 2.21. The maximum Gasteiger partial charge on any atom is 0.328 e. The van der Waals surface area contributed by atoms with Gasteiger partial charge in [-0.3, -0.25) is 4.79 Å². The third-order valence-electron chi connectivity index (χ3n) is 3.35. The molecule has 1 aliphatic rings. The van der Waals surface area contributed by atoms with E-state index in [1.54, 1.807) is 0 Å². The molecule has 1 fully saturated rings. The van der Waals surface area contributed by atoms with Gasteiger partial charge in [0.25, 0.3) is 5.91 Å². The van der Waals surface area contributed by atoms with Gasteiger partial charge in [0, 0.05) is 18.2 Å². The highest BCUT2D eigenvalue weighted by Gasteiger charge is 2.33. The number of piperidine rings is 1. The van der Waals surface area contributed by atoms with Gasteiger partial charge in [0.15, 0.2) is 0 Å². The molecule has 6 heteroatoms. The van der Waals surface area contributed by atoms with Gasteiger partial charge >= 0.3 is 5.97 Å². The van der Waals surface area contributed by atoms with Gasteiger partial charge in [-0.15, -0.1) is 0 Å². The Bertz CT molecular complexity index is 513. The van der Waals surface area contributed by atoms with Crippen LogP contribution >= 0.6 is 0 Å². The molecule has 0 aromatic heterocycles. The Kier molecular flexibility index (Phi) is 4.32. The largest absolute Gasteiger partial charge is 0.467 e. The van der Waals surface area contributed by atoms with Crippen molar-refractivity contribution in [2.24, 2.45) is 0 Å². The van der Waals surface area contributed by atoms with Crippen molar-refractivity contribution >= 4 is 11.9 Å². The van der Waals surface area contributed by atoms with E-state index >= 15 is 0 Å². The van der Waals surface area contributed by atoms with Gasteiger partial charge in [-0.1, -0.05) is 0 Å². The van der Waals surface area contributed by atoms with Gasteiger partial charge in [-0.2, -0.15) is 0 Å². The van der Waals surface area contributed by atoms with Crippen LogP contribution in [0.25, 0.3) is 0 Å². The molecule has 1 saturated heterocycles. The minimum atomic E-state index is -0.819. The van der Waals surface area contributed by atoms with E-state index in [4.69, 9.17) is 0 Å². The first kappa shape index (κ1) is 14.4. The molecular formula is C14H15F2NO3. The van der Waals surface area contributed by atoms with E-state index in [0.717, 1.165) is 25.0 Å². The lowest BCUT2D eigenvalue weighted by Crippen LogP contribution is -2.48. The van der Waals surface area contributed by atoms with E-state index in [2.05, 4.69) is 4.74 Å². The van der Waals surface area contributed by atoms with Crippen LogP contribution in [0.5, 0.6) is 0 Å². The number of amides is 1. The average molecular weight is 283 g/mol. The van der Waals surface area contributed by atoms with Crippen LogP contribution in [0, 0.1) is 11.6 Å². The SMILES string of the molecule is COC(=O)[C@H]1CCCCN1C(=O)c1cc(F)cc(F)c1. The second-order valence-corrected chi connectivity index (χ2v) is 4.69. The minimum Gasteiger partial charge on any atom is -0.467 e. The van der Waals surface area contributed by atoms with Crippen LogP contribution in [0.1, 0.15) is 29.6 Å². The van der Waals surface area contributed by atoms with Gasteiger partial charge in [0.2, 0.25) is 0 Å². The smallest absolute Gasteiger partial charge is 0.328 e. The van der Waals surface area contributed by atoms with E-state index in [9.17, 15) is 18.4 Å². The summed E-state index contributed by atoms with van der Waals surface area (Å²) >= 11 is 0. The normalized spacial score (nSPS) is 18.8. The van der Waals surface area contributed by atoms with Gasteiger partial charge < -0.3 is 9.64 Å². The van der Waals surface area contributed by atoms with Gasteiger partial charge in [0.05, 0.1) is 7.11 Å². The van der Waals surface area contributed by atoms with Gasteiger partial charge in [0.1, 0.15) is 17.7 Å². The van der Waals surface area contributed by atoms with Gasteiger partial charge in [-0.25, -0.2) is 13.6 Å². The molecule has 1 aromatic carbocycles. The molecule has 0 bridgehead atoms. The predicted octanol–water partition coefficient (Wildman–Crippen LogP) is 2.13. The number of carbonyl (C=O) groups excluding carboxylic acids is 2. The van der Waals surface area contributed by atoms with E-state index < -0.39 is 29.6 Å². The fourth-order valence-electron chi connectivity index (χ4n) is 2.40. The highest BCUT2D eigenvalue weighted by molar-refractivity contribution is 5.97. The number of hydrogen-bond donors (Lipinski definition) is 0. The van der Waals surface area contributed by atoms with Crippen LogP contribution < -0.4 is 0 Å². The zero-order chi connectivity index (χ0) is 14.7. The monoisotopic (exact) mass is 283 g/mol. The lowest BCUT2D eigenvalue weighted by molar-refractivity contribution is -0.147. The molecule has 0 spiro atoms. The van der Waals surface area contributed by atoms with Crippen LogP contribution in [0.4, 0.5) is 8.78 Å². The van der Waals surface area contributed by atoms with Crippen LogP contribution in [-0.4, -0.2) is 36.5 Å². The molecule has 1 heterocycles. The second-order valence-electron chi connectivity index (χ2n) is 4.69. The number of nitrogens with zero attached hydrogens (tertiary/aromatic N) is 1. The summed E-state index contributed by atoms with van der Waals surface area (Å²) < 4.78 is 31.0. The maximum atomic E-state index is 13.2. The minimum absolute atomic E-state index is 0.0988. The van der Waals surface area contributed by atoms with Crippen molar-refractivity contribution in [1.29, 1.82) is 0 Å². The Morgan fingerprint density at radius 2 is 1.85 bits per heavy atom. The topological polar surface area (TPSA) is 46.6 Å². The molecule has 0 saturated carbocycles. The molecule has 1 atom stereocenters. The van der Waals surface area contributed by atoms with E-state index in [1.807, 2.05) is 0 Å². The number of benzene rings is 1. The first-order valence-electron chi connectivity index (χ1n) is 6.38. The second kappa shape index (κ2) is 5.98. The molecule has 0 radical (unpaired) electrons. The number of esters is 1. The zero-order valence-electron chi connectivity index (χ0n) is 11.1. The molecule has 1 aliphatic heterocycles. The molecular weight excluding hydrogens is 268 g/mol. The maximum absolute atomic E-state index is 13.2. The Morgan fingerprint density at radius 1 is 1.20 bits per heavy atom. The summed E-state index contributed by atoms with van der Waals surface area (Å²) in [6.07, 6.45) is 2.05. The summed E-state index contributed by atoms with van der Waals surface area (Å²) in [6, 6.07) is 1.95. The van der Waals surface area contributed by atoms with Gasteiger partial charge in [-0.05, 0) is 31.4 Å². The highest BCUT2D eigenvalue weighted by atomic mass is 19.1. The summed E-state index contributed by atoms with van der Waals surface area (Å²) in [5.74, 6) is -2.70. The first-order chi connectivity index (χ1) is 9.52. The first-order valence-corrected chi connectivity index (χ1v) is 6.38.